The average Bonchev–Trinajstić information content (AvgIpc) is 2.33. The van der Waals surface area contributed by atoms with Gasteiger partial charge >= 0.3 is 0 Å². The van der Waals surface area contributed by atoms with Gasteiger partial charge in [-0.05, 0) is 44.2 Å². The zero-order valence-corrected chi connectivity index (χ0v) is 10.5. The van der Waals surface area contributed by atoms with Gasteiger partial charge in [-0.2, -0.15) is 0 Å². The van der Waals surface area contributed by atoms with Gasteiger partial charge in [0.05, 0.1) is 0 Å². The predicted octanol–water partition coefficient (Wildman–Crippen LogP) is 2.70. The van der Waals surface area contributed by atoms with Gasteiger partial charge < -0.3 is 4.74 Å². The van der Waals surface area contributed by atoms with Crippen LogP contribution in [0.1, 0.15) is 40.9 Å². The van der Waals surface area contributed by atoms with Crippen LogP contribution in [0.2, 0.25) is 0 Å². The first kappa shape index (κ1) is 12.2. The lowest BCUT2D eigenvalue weighted by molar-refractivity contribution is 0.0601. The van der Waals surface area contributed by atoms with Crippen molar-refractivity contribution in [2.75, 3.05) is 13.2 Å². The van der Waals surface area contributed by atoms with E-state index in [1.165, 1.54) is 0 Å². The number of rotatable bonds is 3. The van der Waals surface area contributed by atoms with Gasteiger partial charge in [0.2, 0.25) is 0 Å². The summed E-state index contributed by atoms with van der Waals surface area (Å²) in [5.41, 5.74) is 2.72. The van der Waals surface area contributed by atoms with Crippen LogP contribution < -0.4 is 0 Å². The molecule has 1 fully saturated rings. The van der Waals surface area contributed by atoms with E-state index in [0.717, 1.165) is 42.9 Å². The SMILES string of the molecule is Cc1cc(C(=O)CC2CCOCC2)c(C)cn1. The van der Waals surface area contributed by atoms with Crippen molar-refractivity contribution in [3.8, 4) is 0 Å². The minimum Gasteiger partial charge on any atom is -0.381 e. The summed E-state index contributed by atoms with van der Waals surface area (Å²) >= 11 is 0. The molecule has 17 heavy (non-hydrogen) atoms. The first-order chi connectivity index (χ1) is 8.16. The maximum Gasteiger partial charge on any atom is 0.163 e. The summed E-state index contributed by atoms with van der Waals surface area (Å²) in [5.74, 6) is 0.740. The first-order valence-electron chi connectivity index (χ1n) is 6.21. The highest BCUT2D eigenvalue weighted by molar-refractivity contribution is 5.97. The van der Waals surface area contributed by atoms with Crippen LogP contribution in [-0.4, -0.2) is 24.0 Å². The molecule has 1 aromatic rings. The number of aryl methyl sites for hydroxylation is 2. The van der Waals surface area contributed by atoms with E-state index in [1.54, 1.807) is 6.20 Å². The lowest BCUT2D eigenvalue weighted by Gasteiger charge is -2.21. The number of carbonyl (C=O) groups excluding carboxylic acids is 1. The number of nitrogens with zero attached hydrogens (tertiary/aromatic N) is 1. The Hall–Kier alpha value is -1.22. The van der Waals surface area contributed by atoms with Crippen LogP contribution in [0.15, 0.2) is 12.3 Å². The molecule has 2 heterocycles. The third-order valence-electron chi connectivity index (χ3n) is 3.36. The maximum absolute atomic E-state index is 12.2. The van der Waals surface area contributed by atoms with Crippen molar-refractivity contribution in [2.24, 2.45) is 5.92 Å². The molecular weight excluding hydrogens is 214 g/mol. The van der Waals surface area contributed by atoms with Crippen LogP contribution in [0, 0.1) is 19.8 Å². The molecule has 2 rings (SSSR count). The molecule has 3 heteroatoms. The molecule has 0 aliphatic carbocycles. The Morgan fingerprint density at radius 2 is 2.12 bits per heavy atom. The van der Waals surface area contributed by atoms with Crippen molar-refractivity contribution in [1.29, 1.82) is 0 Å². The average molecular weight is 233 g/mol. The summed E-state index contributed by atoms with van der Waals surface area (Å²) < 4.78 is 5.31. The molecule has 0 aromatic carbocycles. The van der Waals surface area contributed by atoms with E-state index in [4.69, 9.17) is 4.74 Å². The second-order valence-electron chi connectivity index (χ2n) is 4.82. The molecule has 0 atom stereocenters. The number of carbonyl (C=O) groups is 1. The summed E-state index contributed by atoms with van der Waals surface area (Å²) in [6, 6.07) is 1.90. The Labute approximate surface area is 102 Å². The molecule has 0 amide bonds. The van der Waals surface area contributed by atoms with Crippen LogP contribution in [0.5, 0.6) is 0 Å². The standard InChI is InChI=1S/C14H19NO2/c1-10-9-15-11(2)7-13(10)14(16)8-12-3-5-17-6-4-12/h7,9,12H,3-6,8H2,1-2H3. The van der Waals surface area contributed by atoms with Crippen LogP contribution in [-0.2, 0) is 4.74 Å². The molecule has 3 nitrogen and oxygen atoms in total. The first-order valence-corrected chi connectivity index (χ1v) is 6.21. The van der Waals surface area contributed by atoms with E-state index < -0.39 is 0 Å². The molecule has 0 bridgehead atoms. The summed E-state index contributed by atoms with van der Waals surface area (Å²) in [7, 11) is 0. The lowest BCUT2D eigenvalue weighted by atomic mass is 9.91. The van der Waals surface area contributed by atoms with Crippen molar-refractivity contribution in [3.63, 3.8) is 0 Å². The molecule has 0 saturated carbocycles. The fraction of sp³-hybridized carbons (Fsp3) is 0.571. The van der Waals surface area contributed by atoms with E-state index in [1.807, 2.05) is 19.9 Å². The highest BCUT2D eigenvalue weighted by atomic mass is 16.5. The van der Waals surface area contributed by atoms with Gasteiger partial charge in [-0.3, -0.25) is 9.78 Å². The summed E-state index contributed by atoms with van der Waals surface area (Å²) in [6.45, 7) is 5.47. The zero-order chi connectivity index (χ0) is 12.3. The normalized spacial score (nSPS) is 17.1. The Morgan fingerprint density at radius 3 is 2.82 bits per heavy atom. The van der Waals surface area contributed by atoms with Crippen LogP contribution in [0.4, 0.5) is 0 Å². The fourth-order valence-electron chi connectivity index (χ4n) is 2.25. The number of pyridine rings is 1. The molecule has 0 N–H and O–H groups in total. The largest absolute Gasteiger partial charge is 0.381 e. The smallest absolute Gasteiger partial charge is 0.163 e. The van der Waals surface area contributed by atoms with Gasteiger partial charge in [-0.1, -0.05) is 0 Å². The number of Topliss-reactive ketones (excluding diaryl/α,β-unsaturated/α-hetero) is 1. The van der Waals surface area contributed by atoms with Crippen LogP contribution >= 0.6 is 0 Å². The summed E-state index contributed by atoms with van der Waals surface area (Å²) in [4.78, 5) is 16.4. The van der Waals surface area contributed by atoms with Crippen molar-refractivity contribution >= 4 is 5.78 Å². The topological polar surface area (TPSA) is 39.2 Å². The van der Waals surface area contributed by atoms with Gasteiger partial charge in [0.25, 0.3) is 0 Å². The maximum atomic E-state index is 12.2. The molecule has 0 unspecified atom stereocenters. The Morgan fingerprint density at radius 1 is 1.41 bits per heavy atom. The second kappa shape index (κ2) is 5.41. The quantitative estimate of drug-likeness (QED) is 0.753. The number of ketones is 1. The molecule has 1 aromatic heterocycles. The van der Waals surface area contributed by atoms with Crippen molar-refractivity contribution in [3.05, 3.63) is 29.1 Å². The molecule has 1 aliphatic rings. The molecule has 1 saturated heterocycles. The van der Waals surface area contributed by atoms with Gasteiger partial charge in [-0.15, -0.1) is 0 Å². The second-order valence-corrected chi connectivity index (χ2v) is 4.82. The minimum absolute atomic E-state index is 0.250. The third kappa shape index (κ3) is 3.13. The van der Waals surface area contributed by atoms with Crippen LogP contribution in [0.3, 0.4) is 0 Å². The van der Waals surface area contributed by atoms with E-state index in [0.29, 0.717) is 12.3 Å². The van der Waals surface area contributed by atoms with E-state index >= 15 is 0 Å². The Bertz CT molecular complexity index is 409. The van der Waals surface area contributed by atoms with Gasteiger partial charge in [0, 0.05) is 37.1 Å². The summed E-state index contributed by atoms with van der Waals surface area (Å²) in [5, 5.41) is 0. The number of hydrogen-bond acceptors (Lipinski definition) is 3. The number of ether oxygens (including phenoxy) is 1. The molecule has 1 aliphatic heterocycles. The van der Waals surface area contributed by atoms with E-state index in [-0.39, 0.29) is 5.78 Å². The fourth-order valence-corrected chi connectivity index (χ4v) is 2.25. The Kier molecular flexibility index (Phi) is 3.89. The molecule has 92 valence electrons. The third-order valence-corrected chi connectivity index (χ3v) is 3.36. The monoisotopic (exact) mass is 233 g/mol. The number of aromatic nitrogens is 1. The van der Waals surface area contributed by atoms with E-state index in [9.17, 15) is 4.79 Å². The lowest BCUT2D eigenvalue weighted by Crippen LogP contribution is -2.19. The van der Waals surface area contributed by atoms with Gasteiger partial charge in [0.1, 0.15) is 0 Å². The minimum atomic E-state index is 0.250. The highest BCUT2D eigenvalue weighted by Gasteiger charge is 2.19. The molecular formula is C14H19NO2. The predicted molar refractivity (Wildman–Crippen MR) is 66.2 cm³/mol. The van der Waals surface area contributed by atoms with Gasteiger partial charge in [-0.25, -0.2) is 0 Å². The van der Waals surface area contributed by atoms with Crippen molar-refractivity contribution < 1.29 is 9.53 Å². The molecule has 0 spiro atoms. The van der Waals surface area contributed by atoms with E-state index in [2.05, 4.69) is 4.98 Å². The zero-order valence-electron chi connectivity index (χ0n) is 10.5. The summed E-state index contributed by atoms with van der Waals surface area (Å²) in [6.07, 6.45) is 4.45. The highest BCUT2D eigenvalue weighted by Crippen LogP contribution is 2.22. The van der Waals surface area contributed by atoms with Crippen LogP contribution in [0.25, 0.3) is 0 Å². The van der Waals surface area contributed by atoms with Crippen molar-refractivity contribution in [1.82, 2.24) is 4.98 Å². The van der Waals surface area contributed by atoms with Gasteiger partial charge in [0.15, 0.2) is 5.78 Å². The van der Waals surface area contributed by atoms with Crippen molar-refractivity contribution in [2.45, 2.75) is 33.1 Å². The Balaban J connectivity index is 2.05. The molecule has 0 radical (unpaired) electrons. The number of hydrogen-bond donors (Lipinski definition) is 0.